The number of nitrogens with two attached hydrogens (primary N) is 1. The number of ether oxygens (including phenoxy) is 1. The zero-order chi connectivity index (χ0) is 25.2. The van der Waals surface area contributed by atoms with E-state index in [4.69, 9.17) is 32.0 Å². The van der Waals surface area contributed by atoms with Crippen molar-refractivity contribution in [3.63, 3.8) is 0 Å². The van der Waals surface area contributed by atoms with Crippen molar-refractivity contribution in [2.24, 2.45) is 5.73 Å². The summed E-state index contributed by atoms with van der Waals surface area (Å²) < 4.78 is 5.66. The Hall–Kier alpha value is -2.85. The van der Waals surface area contributed by atoms with E-state index in [-0.39, 0.29) is 12.1 Å². The number of rotatable bonds is 5. The lowest BCUT2D eigenvalue weighted by Gasteiger charge is -2.42. The van der Waals surface area contributed by atoms with Crippen molar-refractivity contribution in [2.45, 2.75) is 45.2 Å². The van der Waals surface area contributed by atoms with E-state index in [0.29, 0.717) is 29.6 Å². The lowest BCUT2D eigenvalue weighted by molar-refractivity contribution is 0.0981. The van der Waals surface area contributed by atoms with Crippen LogP contribution < -0.4 is 25.3 Å². The second-order valence-electron chi connectivity index (χ2n) is 9.93. The van der Waals surface area contributed by atoms with Gasteiger partial charge < -0.3 is 30.1 Å². The Kier molecular flexibility index (Phi) is 7.34. The third kappa shape index (κ3) is 5.15. The first-order valence-electron chi connectivity index (χ1n) is 12.9. The van der Waals surface area contributed by atoms with Gasteiger partial charge in [-0.3, -0.25) is 4.79 Å². The highest BCUT2D eigenvalue weighted by molar-refractivity contribution is 6.33. The number of morpholine rings is 1. The van der Waals surface area contributed by atoms with Gasteiger partial charge in [-0.25, -0.2) is 4.98 Å². The van der Waals surface area contributed by atoms with Gasteiger partial charge in [0, 0.05) is 57.6 Å². The van der Waals surface area contributed by atoms with Gasteiger partial charge in [-0.05, 0) is 39.2 Å². The van der Waals surface area contributed by atoms with Crippen LogP contribution in [0.5, 0.6) is 0 Å². The van der Waals surface area contributed by atoms with Crippen LogP contribution >= 0.6 is 11.6 Å². The topological polar surface area (TPSA) is 104 Å². The number of primary amides is 1. The predicted octanol–water partition coefficient (Wildman–Crippen LogP) is 2.55. The highest BCUT2D eigenvalue weighted by Gasteiger charge is 2.30. The number of piperazine rings is 1. The van der Waals surface area contributed by atoms with Crippen molar-refractivity contribution < 1.29 is 9.53 Å². The molecule has 3 fully saturated rings. The molecule has 3 aliphatic heterocycles. The normalized spacial score (nSPS) is 23.2. The Morgan fingerprint density at radius 3 is 2.44 bits per heavy atom. The van der Waals surface area contributed by atoms with Gasteiger partial charge in [0.1, 0.15) is 17.5 Å². The lowest BCUT2D eigenvalue weighted by Crippen LogP contribution is -2.53. The lowest BCUT2D eigenvalue weighted by atomic mass is 10.1. The highest BCUT2D eigenvalue weighted by atomic mass is 35.5. The van der Waals surface area contributed by atoms with Crippen molar-refractivity contribution >= 4 is 40.9 Å². The van der Waals surface area contributed by atoms with Gasteiger partial charge in [0.05, 0.1) is 29.8 Å². The molecule has 11 heteroatoms. The molecule has 3 saturated heterocycles. The zero-order valence-electron chi connectivity index (χ0n) is 21.1. The minimum atomic E-state index is -0.534. The third-order valence-corrected chi connectivity index (χ3v) is 7.60. The van der Waals surface area contributed by atoms with Crippen molar-refractivity contribution in [3.05, 3.63) is 28.9 Å². The Labute approximate surface area is 217 Å². The van der Waals surface area contributed by atoms with Crippen molar-refractivity contribution in [2.75, 3.05) is 72.1 Å². The summed E-state index contributed by atoms with van der Waals surface area (Å²) in [6.07, 6.45) is 5.16. The highest BCUT2D eigenvalue weighted by Crippen LogP contribution is 2.31. The fourth-order valence-corrected chi connectivity index (χ4v) is 5.57. The van der Waals surface area contributed by atoms with E-state index in [1.165, 1.54) is 25.5 Å². The Bertz CT molecular complexity index is 1100. The van der Waals surface area contributed by atoms with Crippen LogP contribution in [0.25, 0.3) is 0 Å². The first kappa shape index (κ1) is 24.8. The number of piperidine rings is 1. The van der Waals surface area contributed by atoms with Crippen LogP contribution in [-0.2, 0) is 4.74 Å². The molecule has 194 valence electrons. The molecule has 3 aliphatic rings. The van der Waals surface area contributed by atoms with Crippen LogP contribution in [0.15, 0.2) is 18.3 Å². The van der Waals surface area contributed by atoms with E-state index in [2.05, 4.69) is 44.5 Å². The quantitative estimate of drug-likeness (QED) is 0.644. The van der Waals surface area contributed by atoms with E-state index >= 15 is 0 Å². The first-order chi connectivity index (χ1) is 17.4. The number of amides is 1. The third-order valence-electron chi connectivity index (χ3n) is 7.32. The fourth-order valence-electron chi connectivity index (χ4n) is 5.28. The van der Waals surface area contributed by atoms with Crippen LogP contribution in [-0.4, -0.2) is 85.4 Å². The van der Waals surface area contributed by atoms with E-state index in [0.717, 1.165) is 56.9 Å². The van der Waals surface area contributed by atoms with Gasteiger partial charge >= 0.3 is 0 Å². The minimum absolute atomic E-state index is 0.173. The second kappa shape index (κ2) is 10.6. The summed E-state index contributed by atoms with van der Waals surface area (Å²) in [7, 11) is 0. The zero-order valence-corrected chi connectivity index (χ0v) is 21.8. The molecular weight excluding hydrogens is 480 g/mol. The van der Waals surface area contributed by atoms with E-state index in [1.54, 1.807) is 6.07 Å². The summed E-state index contributed by atoms with van der Waals surface area (Å²) in [4.78, 5) is 35.2. The van der Waals surface area contributed by atoms with Crippen LogP contribution in [0.2, 0.25) is 5.02 Å². The van der Waals surface area contributed by atoms with E-state index in [9.17, 15) is 4.79 Å². The average Bonchev–Trinajstić information content (AvgIpc) is 2.89. The summed E-state index contributed by atoms with van der Waals surface area (Å²) >= 11 is 6.47. The van der Waals surface area contributed by atoms with Gasteiger partial charge in [0.2, 0.25) is 11.9 Å². The molecule has 2 atom stereocenters. The molecule has 0 aromatic carbocycles. The van der Waals surface area contributed by atoms with E-state index < -0.39 is 5.91 Å². The largest absolute Gasteiger partial charge is 0.377 e. The Balaban J connectivity index is 1.40. The number of carbonyl (C=O) groups excluding carboxylic acids is 1. The predicted molar refractivity (Wildman–Crippen MR) is 143 cm³/mol. The summed E-state index contributed by atoms with van der Waals surface area (Å²) in [5.41, 5.74) is 5.68. The molecule has 0 bridgehead atoms. The Morgan fingerprint density at radius 2 is 1.75 bits per heavy atom. The van der Waals surface area contributed by atoms with Crippen LogP contribution in [0.1, 0.15) is 43.5 Å². The molecule has 0 spiro atoms. The number of hydrogen-bond donors (Lipinski definition) is 1. The van der Waals surface area contributed by atoms with Gasteiger partial charge in [-0.2, -0.15) is 9.97 Å². The van der Waals surface area contributed by atoms with Gasteiger partial charge in [-0.1, -0.05) is 11.6 Å². The van der Waals surface area contributed by atoms with Gasteiger partial charge in [0.25, 0.3) is 0 Å². The average molecular weight is 515 g/mol. The molecule has 0 aliphatic carbocycles. The first-order valence-corrected chi connectivity index (χ1v) is 13.2. The second-order valence-corrected chi connectivity index (χ2v) is 10.3. The number of pyridine rings is 1. The number of anilines is 4. The molecular formula is C25H35ClN8O2. The van der Waals surface area contributed by atoms with E-state index in [1.807, 2.05) is 0 Å². The molecule has 5 rings (SSSR count). The maximum absolute atomic E-state index is 11.5. The molecule has 2 aromatic rings. The van der Waals surface area contributed by atoms with Gasteiger partial charge in [0.15, 0.2) is 0 Å². The molecule has 0 saturated carbocycles. The van der Waals surface area contributed by atoms with Crippen molar-refractivity contribution in [3.8, 4) is 0 Å². The summed E-state index contributed by atoms with van der Waals surface area (Å²) in [6.45, 7) is 10.8. The minimum Gasteiger partial charge on any atom is -0.377 e. The van der Waals surface area contributed by atoms with Crippen LogP contribution in [0.4, 0.5) is 23.4 Å². The number of halogens is 1. The van der Waals surface area contributed by atoms with Gasteiger partial charge in [-0.15, -0.1) is 0 Å². The molecule has 0 radical (unpaired) electrons. The monoisotopic (exact) mass is 514 g/mol. The molecule has 1 amide bonds. The number of carbonyl (C=O) groups is 1. The molecule has 10 nitrogen and oxygen atoms in total. The summed E-state index contributed by atoms with van der Waals surface area (Å²) in [5, 5.41) is 0.435. The fraction of sp³-hybridized carbons (Fsp3) is 0.600. The molecule has 36 heavy (non-hydrogen) atoms. The smallest absolute Gasteiger partial charge is 0.250 e. The van der Waals surface area contributed by atoms with Crippen LogP contribution in [0, 0.1) is 0 Å². The standard InChI is InChI=1S/C25H35ClN8O2/c1-17-15-32(24-20(26)12-19(14-28-24)23(27)35)8-9-33(17)22-13-21(31-6-4-3-5-7-31)29-25(30-22)34-10-11-36-16-18(34)2/h12-14,17-18H,3-11,15-16H2,1-2H3,(H2,27,35)/t17?,18-/m0/s1. The SMILES string of the molecule is CC1CN(c2ncc(C(N)=O)cc2Cl)CCN1c1cc(N2CCCCC2)nc(N2CCOC[C@@H]2C)n1. The molecule has 2 aromatic heterocycles. The molecule has 2 N–H and O–H groups in total. The van der Waals surface area contributed by atoms with Crippen molar-refractivity contribution in [1.82, 2.24) is 15.0 Å². The Morgan fingerprint density at radius 1 is 0.972 bits per heavy atom. The molecule has 1 unspecified atom stereocenters. The summed E-state index contributed by atoms with van der Waals surface area (Å²) in [6, 6.07) is 4.15. The number of nitrogens with zero attached hydrogens (tertiary/aromatic N) is 7. The summed E-state index contributed by atoms with van der Waals surface area (Å²) in [5.74, 6) is 2.88. The molecule has 5 heterocycles. The van der Waals surface area contributed by atoms with Crippen molar-refractivity contribution in [1.29, 1.82) is 0 Å². The number of aromatic nitrogens is 3. The maximum Gasteiger partial charge on any atom is 0.250 e. The maximum atomic E-state index is 11.5. The van der Waals surface area contributed by atoms with Crippen LogP contribution in [0.3, 0.4) is 0 Å². The number of hydrogen-bond acceptors (Lipinski definition) is 9.